The van der Waals surface area contributed by atoms with Gasteiger partial charge < -0.3 is 14.2 Å². The molecule has 0 bridgehead atoms. The first-order valence-electron chi connectivity index (χ1n) is 8.89. The SMILES string of the molecule is COC(=O)COc1c(Cl)cc(/C=C2/SC(=O)N(Cc3ccc(Cl)cc3)C2=O)cc1OC. The number of carbonyl (C=O) groups is 3. The lowest BCUT2D eigenvalue weighted by Crippen LogP contribution is -2.27. The quantitative estimate of drug-likeness (QED) is 0.415. The third-order valence-electron chi connectivity index (χ3n) is 4.24. The molecule has 1 aliphatic rings. The van der Waals surface area contributed by atoms with Crippen molar-refractivity contribution in [3.05, 3.63) is 62.5 Å². The number of carbonyl (C=O) groups excluding carboxylic acids is 3. The summed E-state index contributed by atoms with van der Waals surface area (Å²) in [6.07, 6.45) is 1.55. The van der Waals surface area contributed by atoms with Gasteiger partial charge in [0.15, 0.2) is 18.1 Å². The van der Waals surface area contributed by atoms with Crippen LogP contribution in [0.25, 0.3) is 6.08 Å². The van der Waals surface area contributed by atoms with Crippen LogP contribution in [-0.2, 0) is 20.9 Å². The second kappa shape index (κ2) is 10.1. The lowest BCUT2D eigenvalue weighted by Gasteiger charge is -2.13. The van der Waals surface area contributed by atoms with Gasteiger partial charge in [-0.1, -0.05) is 35.3 Å². The van der Waals surface area contributed by atoms with Crippen LogP contribution in [0.15, 0.2) is 41.3 Å². The van der Waals surface area contributed by atoms with Crippen molar-refractivity contribution in [2.24, 2.45) is 0 Å². The molecule has 0 radical (unpaired) electrons. The summed E-state index contributed by atoms with van der Waals surface area (Å²) < 4.78 is 15.2. The fourth-order valence-electron chi connectivity index (χ4n) is 2.71. The van der Waals surface area contributed by atoms with E-state index >= 15 is 0 Å². The lowest BCUT2D eigenvalue weighted by molar-refractivity contribution is -0.142. The van der Waals surface area contributed by atoms with E-state index < -0.39 is 11.9 Å². The molecule has 0 spiro atoms. The molecule has 0 aromatic heterocycles. The number of hydrogen-bond donors (Lipinski definition) is 0. The van der Waals surface area contributed by atoms with Crippen molar-refractivity contribution < 1.29 is 28.6 Å². The number of amides is 2. The van der Waals surface area contributed by atoms with E-state index in [9.17, 15) is 14.4 Å². The third-order valence-corrected chi connectivity index (χ3v) is 5.68. The first kappa shape index (κ1) is 23.0. The zero-order valence-electron chi connectivity index (χ0n) is 16.5. The molecule has 1 saturated heterocycles. The average molecular weight is 482 g/mol. The Morgan fingerprint density at radius 2 is 1.84 bits per heavy atom. The van der Waals surface area contributed by atoms with Gasteiger partial charge in [0, 0.05) is 5.02 Å². The molecule has 0 atom stereocenters. The molecule has 1 heterocycles. The molecule has 2 aromatic rings. The molecule has 162 valence electrons. The van der Waals surface area contributed by atoms with Gasteiger partial charge in [0.25, 0.3) is 11.1 Å². The molecular weight excluding hydrogens is 465 g/mol. The third kappa shape index (κ3) is 5.52. The van der Waals surface area contributed by atoms with Gasteiger partial charge in [-0.3, -0.25) is 14.5 Å². The van der Waals surface area contributed by atoms with Gasteiger partial charge in [0.1, 0.15) is 0 Å². The van der Waals surface area contributed by atoms with E-state index in [1.54, 1.807) is 42.5 Å². The summed E-state index contributed by atoms with van der Waals surface area (Å²) in [6, 6.07) is 10.0. The van der Waals surface area contributed by atoms with Crippen molar-refractivity contribution in [2.75, 3.05) is 20.8 Å². The van der Waals surface area contributed by atoms with Gasteiger partial charge in [-0.15, -0.1) is 0 Å². The molecule has 31 heavy (non-hydrogen) atoms. The molecule has 3 rings (SSSR count). The van der Waals surface area contributed by atoms with Crippen molar-refractivity contribution in [1.82, 2.24) is 4.90 Å². The maximum absolute atomic E-state index is 12.8. The minimum Gasteiger partial charge on any atom is -0.493 e. The highest BCUT2D eigenvalue weighted by molar-refractivity contribution is 8.18. The molecule has 1 aliphatic heterocycles. The number of imide groups is 1. The van der Waals surface area contributed by atoms with E-state index in [1.165, 1.54) is 14.2 Å². The van der Waals surface area contributed by atoms with Crippen LogP contribution in [0.4, 0.5) is 4.79 Å². The highest BCUT2D eigenvalue weighted by Gasteiger charge is 2.35. The molecule has 0 aliphatic carbocycles. The fourth-order valence-corrected chi connectivity index (χ4v) is 3.95. The highest BCUT2D eigenvalue weighted by Crippen LogP contribution is 2.39. The number of ether oxygens (including phenoxy) is 3. The summed E-state index contributed by atoms with van der Waals surface area (Å²) >= 11 is 13.0. The van der Waals surface area contributed by atoms with Crippen LogP contribution < -0.4 is 9.47 Å². The van der Waals surface area contributed by atoms with E-state index in [-0.39, 0.29) is 39.8 Å². The van der Waals surface area contributed by atoms with Crippen LogP contribution in [0.2, 0.25) is 10.0 Å². The van der Waals surface area contributed by atoms with Crippen molar-refractivity contribution in [1.29, 1.82) is 0 Å². The molecule has 0 N–H and O–H groups in total. The van der Waals surface area contributed by atoms with E-state index in [0.717, 1.165) is 22.2 Å². The summed E-state index contributed by atoms with van der Waals surface area (Å²) in [5.74, 6) is -0.548. The van der Waals surface area contributed by atoms with E-state index in [0.29, 0.717) is 10.6 Å². The Morgan fingerprint density at radius 1 is 1.13 bits per heavy atom. The van der Waals surface area contributed by atoms with Gasteiger partial charge in [0.05, 0.1) is 30.7 Å². The second-order valence-electron chi connectivity index (χ2n) is 6.29. The number of hydrogen-bond acceptors (Lipinski definition) is 7. The Bertz CT molecular complexity index is 1050. The van der Waals surface area contributed by atoms with Gasteiger partial charge in [0.2, 0.25) is 0 Å². The summed E-state index contributed by atoms with van der Waals surface area (Å²) in [5, 5.41) is 0.375. The molecule has 0 saturated carbocycles. The number of esters is 1. The fraction of sp³-hybridized carbons (Fsp3) is 0.190. The first-order chi connectivity index (χ1) is 14.8. The molecule has 10 heteroatoms. The van der Waals surface area contributed by atoms with Crippen LogP contribution in [-0.4, -0.2) is 42.8 Å². The van der Waals surface area contributed by atoms with Gasteiger partial charge >= 0.3 is 5.97 Å². The summed E-state index contributed by atoms with van der Waals surface area (Å²) in [5.41, 5.74) is 1.31. The van der Waals surface area contributed by atoms with Crippen LogP contribution >= 0.6 is 35.0 Å². The predicted octanol–water partition coefficient (Wildman–Crippen LogP) is 4.79. The summed E-state index contributed by atoms with van der Waals surface area (Å²) in [4.78, 5) is 37.8. The molecular formula is C21H17Cl2NO6S. The Morgan fingerprint density at radius 3 is 2.48 bits per heavy atom. The summed E-state index contributed by atoms with van der Waals surface area (Å²) in [6.45, 7) is -0.195. The van der Waals surface area contributed by atoms with E-state index in [1.807, 2.05) is 0 Å². The van der Waals surface area contributed by atoms with Gasteiger partial charge in [-0.25, -0.2) is 4.79 Å². The standard InChI is InChI=1S/C21H17Cl2NO6S/c1-28-16-8-13(7-15(23)19(16)30-11-18(25)29-2)9-17-20(26)24(21(27)31-17)10-12-3-5-14(22)6-4-12/h3-9H,10-11H2,1-2H3/b17-9+. The summed E-state index contributed by atoms with van der Waals surface area (Å²) in [7, 11) is 2.66. The topological polar surface area (TPSA) is 82.1 Å². The molecule has 0 unspecified atom stereocenters. The van der Waals surface area contributed by atoms with Crippen molar-refractivity contribution >= 4 is 58.2 Å². The monoisotopic (exact) mass is 481 g/mol. The largest absolute Gasteiger partial charge is 0.493 e. The van der Waals surface area contributed by atoms with Crippen LogP contribution in [0, 0.1) is 0 Å². The zero-order chi connectivity index (χ0) is 22.5. The van der Waals surface area contributed by atoms with Crippen molar-refractivity contribution in [3.8, 4) is 11.5 Å². The van der Waals surface area contributed by atoms with Crippen LogP contribution in [0.5, 0.6) is 11.5 Å². The predicted molar refractivity (Wildman–Crippen MR) is 118 cm³/mol. The van der Waals surface area contributed by atoms with Crippen LogP contribution in [0.1, 0.15) is 11.1 Å². The number of thioether (sulfide) groups is 1. The molecule has 7 nitrogen and oxygen atoms in total. The van der Waals surface area contributed by atoms with Crippen molar-refractivity contribution in [3.63, 3.8) is 0 Å². The van der Waals surface area contributed by atoms with E-state index in [4.69, 9.17) is 32.7 Å². The maximum Gasteiger partial charge on any atom is 0.343 e. The highest BCUT2D eigenvalue weighted by atomic mass is 35.5. The first-order valence-corrected chi connectivity index (χ1v) is 10.5. The minimum atomic E-state index is -0.573. The second-order valence-corrected chi connectivity index (χ2v) is 8.13. The molecule has 1 fully saturated rings. The lowest BCUT2D eigenvalue weighted by atomic mass is 10.1. The Labute approximate surface area is 192 Å². The van der Waals surface area contributed by atoms with Gasteiger partial charge in [-0.2, -0.15) is 0 Å². The maximum atomic E-state index is 12.8. The zero-order valence-corrected chi connectivity index (χ0v) is 18.8. The molecule has 2 aromatic carbocycles. The Balaban J connectivity index is 1.81. The number of nitrogens with zero attached hydrogens (tertiary/aromatic N) is 1. The van der Waals surface area contributed by atoms with Crippen LogP contribution in [0.3, 0.4) is 0 Å². The minimum absolute atomic E-state index is 0.142. The average Bonchev–Trinajstić information content (AvgIpc) is 3.01. The number of halogens is 2. The Hall–Kier alpha value is -2.68. The Kier molecular flexibility index (Phi) is 7.48. The number of benzene rings is 2. The van der Waals surface area contributed by atoms with E-state index in [2.05, 4.69) is 4.74 Å². The number of methoxy groups -OCH3 is 2. The molecule has 2 amide bonds. The smallest absolute Gasteiger partial charge is 0.343 e. The number of rotatable bonds is 7. The van der Waals surface area contributed by atoms with Gasteiger partial charge in [-0.05, 0) is 53.2 Å². The van der Waals surface area contributed by atoms with Crippen molar-refractivity contribution in [2.45, 2.75) is 6.54 Å². The normalized spacial score (nSPS) is 14.8.